The molecule has 0 radical (unpaired) electrons. The summed E-state index contributed by atoms with van der Waals surface area (Å²) in [6.45, 7) is 0. The number of aromatic amines is 1. The number of carbonyl (C=O) groups excluding carboxylic acids is 1. The molecular formula is C32H27FN4O5S. The molecule has 6 rings (SSSR count). The van der Waals surface area contributed by atoms with Gasteiger partial charge in [0.1, 0.15) is 22.9 Å². The third-order valence-electron chi connectivity index (χ3n) is 7.32. The first-order valence-corrected chi connectivity index (χ1v) is 15.1. The number of para-hydroxylation sites is 1. The molecule has 0 atom stereocenters. The van der Waals surface area contributed by atoms with Gasteiger partial charge in [0.05, 0.1) is 41.7 Å². The topological polar surface area (TPSA) is 118 Å². The zero-order valence-corrected chi connectivity index (χ0v) is 24.5. The van der Waals surface area contributed by atoms with Crippen LogP contribution in [0.5, 0.6) is 5.75 Å². The number of methoxy groups -OCH3 is 1. The van der Waals surface area contributed by atoms with E-state index in [0.29, 0.717) is 33.7 Å². The van der Waals surface area contributed by atoms with Gasteiger partial charge in [0.2, 0.25) is 10.0 Å². The summed E-state index contributed by atoms with van der Waals surface area (Å²) in [7, 11) is 0.743. The van der Waals surface area contributed by atoms with Gasteiger partial charge >= 0.3 is 0 Å². The Hall–Kier alpha value is -5.16. The van der Waals surface area contributed by atoms with Crippen molar-refractivity contribution >= 4 is 43.5 Å². The number of aromatic nitrogens is 2. The highest BCUT2D eigenvalue weighted by molar-refractivity contribution is 7.92. The van der Waals surface area contributed by atoms with Crippen molar-refractivity contribution in [2.45, 2.75) is 0 Å². The summed E-state index contributed by atoms with van der Waals surface area (Å²) in [6, 6.07) is 22.1. The summed E-state index contributed by atoms with van der Waals surface area (Å²) in [4.78, 5) is 21.5. The van der Waals surface area contributed by atoms with Gasteiger partial charge in [-0.2, -0.15) is 0 Å². The van der Waals surface area contributed by atoms with E-state index < -0.39 is 21.7 Å². The number of nitrogens with zero attached hydrogens (tertiary/aromatic N) is 2. The van der Waals surface area contributed by atoms with Crippen molar-refractivity contribution in [3.8, 4) is 39.7 Å². The predicted molar refractivity (Wildman–Crippen MR) is 165 cm³/mol. The van der Waals surface area contributed by atoms with E-state index in [4.69, 9.17) is 14.1 Å². The maximum atomic E-state index is 13.7. The van der Waals surface area contributed by atoms with Crippen LogP contribution in [0.15, 0.2) is 83.3 Å². The molecule has 0 spiro atoms. The number of fused-ring (bicyclic) bond motifs is 2. The molecule has 3 heterocycles. The van der Waals surface area contributed by atoms with Crippen molar-refractivity contribution < 1.29 is 26.8 Å². The first-order valence-electron chi connectivity index (χ1n) is 13.2. The second kappa shape index (κ2) is 10.6. The standard InChI is InChI=1S/C32H27FN4O5S/c1-34-32(38)30-23-16-22(25-14-21(41-3)15-27(36-25)26-13-19-7-5-6-8-24(19)35-26)28(37(2)43(4,39)40)17-29(23)42-31(30)18-9-11-20(33)12-10-18/h5-17,35H,1-4H3,(H,34,38). The van der Waals surface area contributed by atoms with Crippen molar-refractivity contribution in [2.24, 2.45) is 0 Å². The Morgan fingerprint density at radius 2 is 1.74 bits per heavy atom. The summed E-state index contributed by atoms with van der Waals surface area (Å²) in [5, 5.41) is 4.08. The van der Waals surface area contributed by atoms with Gasteiger partial charge in [0, 0.05) is 59.7 Å². The minimum atomic E-state index is -3.73. The Morgan fingerprint density at radius 3 is 2.42 bits per heavy atom. The maximum absolute atomic E-state index is 13.7. The smallest absolute Gasteiger partial charge is 0.255 e. The fourth-order valence-corrected chi connectivity index (χ4v) is 5.55. The van der Waals surface area contributed by atoms with E-state index in [2.05, 4.69) is 10.3 Å². The summed E-state index contributed by atoms with van der Waals surface area (Å²) in [6.07, 6.45) is 1.10. The third kappa shape index (κ3) is 5.08. The van der Waals surface area contributed by atoms with Crippen LogP contribution >= 0.6 is 0 Å². The number of rotatable bonds is 7. The van der Waals surface area contributed by atoms with Crippen molar-refractivity contribution in [1.82, 2.24) is 15.3 Å². The van der Waals surface area contributed by atoms with Crippen LogP contribution in [0.25, 0.3) is 55.8 Å². The molecule has 0 aliphatic carbocycles. The quantitative estimate of drug-likeness (QED) is 0.226. The average molecular weight is 599 g/mol. The molecular weight excluding hydrogens is 571 g/mol. The first-order chi connectivity index (χ1) is 20.6. The van der Waals surface area contributed by atoms with Gasteiger partial charge in [-0.1, -0.05) is 18.2 Å². The van der Waals surface area contributed by atoms with E-state index in [1.54, 1.807) is 24.3 Å². The Balaban J connectivity index is 1.64. The van der Waals surface area contributed by atoms with Gasteiger partial charge in [0.25, 0.3) is 5.91 Å². The van der Waals surface area contributed by atoms with Crippen LogP contribution in [0.1, 0.15) is 10.4 Å². The van der Waals surface area contributed by atoms with Crippen molar-refractivity contribution in [2.75, 3.05) is 31.8 Å². The molecule has 43 heavy (non-hydrogen) atoms. The molecule has 6 aromatic rings. The number of anilines is 1. The molecule has 11 heteroatoms. The number of hydrogen-bond acceptors (Lipinski definition) is 6. The number of halogens is 1. The number of amides is 1. The second-order valence-corrected chi connectivity index (χ2v) is 12.0. The zero-order valence-electron chi connectivity index (χ0n) is 23.7. The van der Waals surface area contributed by atoms with Gasteiger partial charge in [-0.3, -0.25) is 9.10 Å². The molecule has 0 saturated heterocycles. The number of hydrogen-bond donors (Lipinski definition) is 2. The van der Waals surface area contributed by atoms with Crippen LogP contribution in [0.4, 0.5) is 10.1 Å². The van der Waals surface area contributed by atoms with E-state index in [-0.39, 0.29) is 22.6 Å². The Labute approximate surface area is 247 Å². The largest absolute Gasteiger partial charge is 0.497 e. The number of carbonyl (C=O) groups is 1. The molecule has 3 aromatic carbocycles. The molecule has 3 aromatic heterocycles. The summed E-state index contributed by atoms with van der Waals surface area (Å²) in [5.74, 6) is -0.143. The van der Waals surface area contributed by atoms with E-state index in [9.17, 15) is 17.6 Å². The molecule has 0 aliphatic heterocycles. The Kier molecular flexibility index (Phi) is 6.89. The summed E-state index contributed by atoms with van der Waals surface area (Å²) < 4.78 is 52.2. The number of ether oxygens (including phenoxy) is 1. The van der Waals surface area contributed by atoms with Gasteiger partial charge in [-0.25, -0.2) is 17.8 Å². The Morgan fingerprint density at radius 1 is 1.02 bits per heavy atom. The van der Waals surface area contributed by atoms with Crippen molar-refractivity contribution in [1.29, 1.82) is 0 Å². The van der Waals surface area contributed by atoms with E-state index >= 15 is 0 Å². The van der Waals surface area contributed by atoms with Crippen molar-refractivity contribution in [3.63, 3.8) is 0 Å². The number of H-pyrrole nitrogens is 1. The SMILES string of the molecule is CNC(=O)c1c(-c2ccc(F)cc2)oc2cc(N(C)S(C)(=O)=O)c(-c3cc(OC)cc(-c4cc5ccccc5[nH]4)n3)cc12. The lowest BCUT2D eigenvalue weighted by molar-refractivity contribution is 0.0964. The normalized spacial score (nSPS) is 11.7. The highest BCUT2D eigenvalue weighted by Crippen LogP contribution is 2.42. The molecule has 0 bridgehead atoms. The Bertz CT molecular complexity index is 2100. The minimum absolute atomic E-state index is 0.219. The zero-order chi connectivity index (χ0) is 30.5. The molecule has 0 saturated carbocycles. The fraction of sp³-hybridized carbons (Fsp3) is 0.125. The fourth-order valence-electron chi connectivity index (χ4n) is 5.04. The van der Waals surface area contributed by atoms with E-state index in [1.165, 1.54) is 45.5 Å². The van der Waals surface area contributed by atoms with E-state index in [0.717, 1.165) is 27.2 Å². The van der Waals surface area contributed by atoms with Crippen LogP contribution in [0, 0.1) is 5.82 Å². The molecule has 218 valence electrons. The third-order valence-corrected chi connectivity index (χ3v) is 8.51. The van der Waals surface area contributed by atoms with Gasteiger partial charge < -0.3 is 19.5 Å². The van der Waals surface area contributed by atoms with Gasteiger partial charge in [-0.15, -0.1) is 0 Å². The van der Waals surface area contributed by atoms with Crippen LogP contribution in [0.2, 0.25) is 0 Å². The molecule has 1 amide bonds. The lowest BCUT2D eigenvalue weighted by Gasteiger charge is -2.21. The van der Waals surface area contributed by atoms with E-state index in [1.807, 2.05) is 30.3 Å². The van der Waals surface area contributed by atoms with Crippen LogP contribution < -0.4 is 14.4 Å². The number of sulfonamides is 1. The predicted octanol–water partition coefficient (Wildman–Crippen LogP) is 6.21. The minimum Gasteiger partial charge on any atom is -0.497 e. The molecule has 2 N–H and O–H groups in total. The van der Waals surface area contributed by atoms with Gasteiger partial charge in [0.15, 0.2) is 0 Å². The number of benzene rings is 3. The molecule has 0 aliphatic rings. The van der Waals surface area contributed by atoms with Crippen LogP contribution in [0.3, 0.4) is 0 Å². The molecule has 9 nitrogen and oxygen atoms in total. The lowest BCUT2D eigenvalue weighted by Crippen LogP contribution is -2.25. The number of furan rings is 1. The second-order valence-electron chi connectivity index (χ2n) is 10.0. The number of pyridine rings is 1. The first kappa shape index (κ1) is 28.0. The molecule has 0 unspecified atom stereocenters. The van der Waals surface area contributed by atoms with Crippen LogP contribution in [-0.4, -0.2) is 51.8 Å². The summed E-state index contributed by atoms with van der Waals surface area (Å²) >= 11 is 0. The lowest BCUT2D eigenvalue weighted by atomic mass is 10.0. The highest BCUT2D eigenvalue weighted by atomic mass is 32.2. The average Bonchev–Trinajstić information content (AvgIpc) is 3.61. The van der Waals surface area contributed by atoms with Crippen molar-refractivity contribution in [3.05, 3.63) is 90.2 Å². The summed E-state index contributed by atoms with van der Waals surface area (Å²) in [5.41, 5.74) is 4.34. The highest BCUT2D eigenvalue weighted by Gasteiger charge is 2.27. The molecule has 0 fully saturated rings. The maximum Gasteiger partial charge on any atom is 0.255 e. The number of nitrogens with one attached hydrogen (secondary N) is 2. The monoisotopic (exact) mass is 598 g/mol. The van der Waals surface area contributed by atoms with Gasteiger partial charge in [-0.05, 0) is 42.5 Å². The van der Waals surface area contributed by atoms with Crippen LogP contribution in [-0.2, 0) is 10.0 Å².